The zero-order valence-corrected chi connectivity index (χ0v) is 14.7. The number of nitrogens with zero attached hydrogens (tertiary/aromatic N) is 1. The number of sulfone groups is 1. The summed E-state index contributed by atoms with van der Waals surface area (Å²) < 4.78 is 23.0. The van der Waals surface area contributed by atoms with E-state index in [0.29, 0.717) is 17.4 Å². The Balaban J connectivity index is 0.000000807. The Bertz CT molecular complexity index is 456. The van der Waals surface area contributed by atoms with Gasteiger partial charge in [-0.05, 0) is 63.1 Å². The first-order chi connectivity index (χ1) is 9.14. The number of hydrogen-bond acceptors (Lipinski definition) is 4. The highest BCUT2D eigenvalue weighted by atomic mass is 35.5. The second-order valence-corrected chi connectivity index (χ2v) is 9.22. The Morgan fingerprint density at radius 1 is 1.00 bits per heavy atom. The molecule has 1 unspecified atom stereocenters. The minimum Gasteiger partial charge on any atom is -0.316 e. The van der Waals surface area contributed by atoms with Crippen LogP contribution in [0.15, 0.2) is 0 Å². The first-order valence-electron chi connectivity index (χ1n) is 7.81. The van der Waals surface area contributed by atoms with Gasteiger partial charge < -0.3 is 5.32 Å². The fourth-order valence-electron chi connectivity index (χ4n) is 5.16. The first-order valence-corrected chi connectivity index (χ1v) is 9.63. The van der Waals surface area contributed by atoms with Gasteiger partial charge in [0, 0.05) is 12.1 Å². The maximum atomic E-state index is 11.5. The smallest absolute Gasteiger partial charge is 0.150 e. The van der Waals surface area contributed by atoms with Crippen LogP contribution in [0.3, 0.4) is 0 Å². The summed E-state index contributed by atoms with van der Waals surface area (Å²) in [5, 5.41) is 3.55. The molecule has 4 aliphatic heterocycles. The number of hydrogen-bond donors (Lipinski definition) is 1. The van der Waals surface area contributed by atoms with Crippen molar-refractivity contribution in [2.75, 3.05) is 31.1 Å². The molecule has 0 amide bonds. The van der Waals surface area contributed by atoms with Crippen LogP contribution < -0.4 is 5.32 Å². The number of rotatable bonds is 3. The van der Waals surface area contributed by atoms with Crippen molar-refractivity contribution in [3.63, 3.8) is 0 Å². The molecule has 124 valence electrons. The van der Waals surface area contributed by atoms with E-state index in [1.165, 1.54) is 25.9 Å². The Kier molecular flexibility index (Phi) is 5.52. The van der Waals surface area contributed by atoms with Crippen LogP contribution in [0.2, 0.25) is 0 Å². The van der Waals surface area contributed by atoms with Crippen molar-refractivity contribution in [2.24, 2.45) is 17.8 Å². The van der Waals surface area contributed by atoms with Gasteiger partial charge in [0.15, 0.2) is 9.84 Å². The molecule has 5 atom stereocenters. The third-order valence-corrected chi connectivity index (χ3v) is 7.87. The quantitative estimate of drug-likeness (QED) is 0.828. The monoisotopic (exact) mass is 356 g/mol. The summed E-state index contributed by atoms with van der Waals surface area (Å²) in [6, 6.07) is 1.59. The summed E-state index contributed by atoms with van der Waals surface area (Å²) in [7, 11) is -2.70. The van der Waals surface area contributed by atoms with E-state index in [-0.39, 0.29) is 24.8 Å². The van der Waals surface area contributed by atoms with Crippen molar-refractivity contribution >= 4 is 34.7 Å². The highest BCUT2D eigenvalue weighted by molar-refractivity contribution is 7.91. The fourth-order valence-corrected chi connectivity index (χ4v) is 7.07. The molecule has 4 rings (SSSR count). The van der Waals surface area contributed by atoms with Gasteiger partial charge in [0.25, 0.3) is 0 Å². The van der Waals surface area contributed by atoms with Crippen molar-refractivity contribution in [3.05, 3.63) is 0 Å². The van der Waals surface area contributed by atoms with Gasteiger partial charge in [-0.15, -0.1) is 24.8 Å². The molecule has 4 saturated heterocycles. The van der Waals surface area contributed by atoms with Crippen LogP contribution in [0.4, 0.5) is 0 Å². The van der Waals surface area contributed by atoms with Crippen molar-refractivity contribution < 1.29 is 8.42 Å². The van der Waals surface area contributed by atoms with Gasteiger partial charge in [0.2, 0.25) is 0 Å². The summed E-state index contributed by atoms with van der Waals surface area (Å²) in [5.74, 6) is 3.07. The van der Waals surface area contributed by atoms with E-state index in [1.54, 1.807) is 0 Å². The molecule has 4 aliphatic rings. The molecule has 0 aromatic heterocycles. The minimum absolute atomic E-state index is 0. The molecule has 1 N–H and O–H groups in total. The molecule has 0 radical (unpaired) electrons. The average Bonchev–Trinajstić information content (AvgIpc) is 3.06. The second-order valence-electron chi connectivity index (χ2n) is 6.99. The minimum atomic E-state index is -2.70. The summed E-state index contributed by atoms with van der Waals surface area (Å²) in [4.78, 5) is 2.74. The molecule has 0 aromatic rings. The van der Waals surface area contributed by atoms with Gasteiger partial charge in [-0.25, -0.2) is 8.42 Å². The van der Waals surface area contributed by atoms with E-state index in [4.69, 9.17) is 0 Å². The van der Waals surface area contributed by atoms with E-state index >= 15 is 0 Å². The van der Waals surface area contributed by atoms with Gasteiger partial charge in [-0.1, -0.05) is 0 Å². The molecule has 21 heavy (non-hydrogen) atoms. The lowest BCUT2D eigenvalue weighted by molar-refractivity contribution is 0.213. The molecular weight excluding hydrogens is 331 g/mol. The van der Waals surface area contributed by atoms with E-state index in [9.17, 15) is 8.42 Å². The number of halogens is 2. The van der Waals surface area contributed by atoms with Gasteiger partial charge >= 0.3 is 0 Å². The molecule has 0 spiro atoms. The van der Waals surface area contributed by atoms with E-state index < -0.39 is 9.84 Å². The summed E-state index contributed by atoms with van der Waals surface area (Å²) in [5.41, 5.74) is 0. The van der Waals surface area contributed by atoms with E-state index in [1.807, 2.05) is 0 Å². The highest BCUT2D eigenvalue weighted by Crippen LogP contribution is 2.47. The second kappa shape index (κ2) is 6.52. The molecule has 4 nitrogen and oxygen atoms in total. The van der Waals surface area contributed by atoms with E-state index in [0.717, 1.165) is 43.3 Å². The lowest BCUT2D eigenvalue weighted by Gasteiger charge is -2.25. The fraction of sp³-hybridized carbons (Fsp3) is 1.00. The van der Waals surface area contributed by atoms with Crippen LogP contribution in [-0.2, 0) is 9.84 Å². The SMILES string of the molecule is Cl.Cl.O=S1(=O)CCC(CCN2[C@@H]3CC[C@H]2[C@H]2CNC[C@H]23)C1. The normalized spacial score (nSPS) is 43.3. The number of fused-ring (bicyclic) bond motifs is 5. The zero-order chi connectivity index (χ0) is 13.0. The van der Waals surface area contributed by atoms with Gasteiger partial charge in [-0.3, -0.25) is 4.90 Å². The van der Waals surface area contributed by atoms with Gasteiger partial charge in [0.1, 0.15) is 0 Å². The topological polar surface area (TPSA) is 49.4 Å². The standard InChI is InChI=1S/C14H24N2O2S.2ClH/c17-19(18)6-4-10(9-19)3-5-16-13-1-2-14(16)12-8-15-7-11(12)13;;/h10-15H,1-9H2;2*1H/t10?,11-,12+,13-,14+;;. The molecule has 4 fully saturated rings. The molecule has 4 heterocycles. The van der Waals surface area contributed by atoms with Gasteiger partial charge in [-0.2, -0.15) is 0 Å². The van der Waals surface area contributed by atoms with Gasteiger partial charge in [0.05, 0.1) is 11.5 Å². The predicted molar refractivity (Wildman–Crippen MR) is 89.2 cm³/mol. The molecule has 2 bridgehead atoms. The van der Waals surface area contributed by atoms with Crippen LogP contribution in [0.25, 0.3) is 0 Å². The number of nitrogens with one attached hydrogen (secondary N) is 1. The van der Waals surface area contributed by atoms with Crippen molar-refractivity contribution in [2.45, 2.75) is 37.8 Å². The maximum Gasteiger partial charge on any atom is 0.150 e. The van der Waals surface area contributed by atoms with Crippen LogP contribution in [0.1, 0.15) is 25.7 Å². The summed E-state index contributed by atoms with van der Waals surface area (Å²) in [6.07, 6.45) is 4.74. The molecule has 0 aromatic carbocycles. The van der Waals surface area contributed by atoms with E-state index in [2.05, 4.69) is 10.2 Å². The third kappa shape index (κ3) is 3.09. The Labute approximate surface area is 140 Å². The van der Waals surface area contributed by atoms with Crippen LogP contribution >= 0.6 is 24.8 Å². The zero-order valence-electron chi connectivity index (χ0n) is 12.2. The van der Waals surface area contributed by atoms with Crippen LogP contribution in [-0.4, -0.2) is 56.5 Å². The predicted octanol–water partition coefficient (Wildman–Crippen LogP) is 1.34. The van der Waals surface area contributed by atoms with Crippen LogP contribution in [0.5, 0.6) is 0 Å². The Morgan fingerprint density at radius 3 is 2.14 bits per heavy atom. The highest BCUT2D eigenvalue weighted by Gasteiger charge is 2.54. The first kappa shape index (κ1) is 17.8. The Morgan fingerprint density at radius 2 is 1.62 bits per heavy atom. The van der Waals surface area contributed by atoms with Crippen molar-refractivity contribution in [3.8, 4) is 0 Å². The molecular formula is C14H26Cl2N2O2S. The average molecular weight is 357 g/mol. The molecule has 0 aliphatic carbocycles. The summed E-state index contributed by atoms with van der Waals surface area (Å²) >= 11 is 0. The lowest BCUT2D eigenvalue weighted by atomic mass is 9.82. The van der Waals surface area contributed by atoms with Crippen molar-refractivity contribution in [1.82, 2.24) is 10.2 Å². The Hall–Kier alpha value is 0.450. The van der Waals surface area contributed by atoms with Crippen molar-refractivity contribution in [1.29, 1.82) is 0 Å². The maximum absolute atomic E-state index is 11.5. The summed E-state index contributed by atoms with van der Waals surface area (Å²) in [6.45, 7) is 3.56. The molecule has 0 saturated carbocycles. The largest absolute Gasteiger partial charge is 0.316 e. The van der Waals surface area contributed by atoms with Crippen LogP contribution in [0, 0.1) is 17.8 Å². The lowest BCUT2D eigenvalue weighted by Crippen LogP contribution is -2.35. The third-order valence-electron chi connectivity index (χ3n) is 6.03. The molecule has 7 heteroatoms.